The molecule has 0 radical (unpaired) electrons. The maximum absolute atomic E-state index is 10.9. The third-order valence-corrected chi connectivity index (χ3v) is 4.30. The van der Waals surface area contributed by atoms with Gasteiger partial charge in [-0.25, -0.2) is 0 Å². The van der Waals surface area contributed by atoms with Gasteiger partial charge in [0.15, 0.2) is 0 Å². The van der Waals surface area contributed by atoms with Crippen LogP contribution < -0.4 is 5.32 Å². The molecule has 0 amide bonds. The lowest BCUT2D eigenvalue weighted by Gasteiger charge is -2.15. The van der Waals surface area contributed by atoms with E-state index < -0.39 is 0 Å². The van der Waals surface area contributed by atoms with Gasteiger partial charge in [0.1, 0.15) is 0 Å². The molecule has 1 aromatic rings. The second-order valence-corrected chi connectivity index (χ2v) is 5.80. The van der Waals surface area contributed by atoms with Crippen LogP contribution in [-0.4, -0.2) is 41.5 Å². The zero-order valence-corrected chi connectivity index (χ0v) is 11.6. The van der Waals surface area contributed by atoms with Crippen LogP contribution in [0.5, 0.6) is 0 Å². The molecule has 0 spiro atoms. The number of hydrogen-bond acceptors (Lipinski definition) is 4. The second-order valence-electron chi connectivity index (χ2n) is 5.80. The van der Waals surface area contributed by atoms with Crippen LogP contribution in [0.4, 0.5) is 5.69 Å². The van der Waals surface area contributed by atoms with E-state index in [9.17, 15) is 10.1 Å². The van der Waals surface area contributed by atoms with E-state index in [1.165, 1.54) is 25.8 Å². The van der Waals surface area contributed by atoms with Crippen molar-refractivity contribution in [2.45, 2.75) is 37.8 Å². The minimum atomic E-state index is -0.292. The van der Waals surface area contributed by atoms with E-state index >= 15 is 0 Å². The Kier molecular flexibility index (Phi) is 3.98. The predicted molar refractivity (Wildman–Crippen MR) is 77.8 cm³/mol. The van der Waals surface area contributed by atoms with E-state index in [1.807, 2.05) is 12.1 Å². The lowest BCUT2D eigenvalue weighted by molar-refractivity contribution is -0.385. The first-order valence-corrected chi connectivity index (χ1v) is 7.44. The number of hydrogen-bond donors (Lipinski definition) is 1. The highest BCUT2D eigenvalue weighted by Gasteiger charge is 2.33. The van der Waals surface area contributed by atoms with Crippen molar-refractivity contribution in [2.24, 2.45) is 0 Å². The number of nitrogens with zero attached hydrogens (tertiary/aromatic N) is 2. The first kappa shape index (κ1) is 13.5. The number of benzene rings is 1. The largest absolute Gasteiger partial charge is 0.312 e. The van der Waals surface area contributed by atoms with Crippen molar-refractivity contribution < 1.29 is 4.92 Å². The third-order valence-electron chi connectivity index (χ3n) is 4.30. The van der Waals surface area contributed by atoms with Gasteiger partial charge in [-0.2, -0.15) is 0 Å². The van der Waals surface area contributed by atoms with Crippen LogP contribution in [-0.2, 0) is 6.42 Å². The Morgan fingerprint density at radius 2 is 2.10 bits per heavy atom. The Bertz CT molecular complexity index is 488. The summed E-state index contributed by atoms with van der Waals surface area (Å²) in [5.41, 5.74) is 1.06. The molecule has 1 saturated heterocycles. The van der Waals surface area contributed by atoms with Crippen molar-refractivity contribution in [3.63, 3.8) is 0 Å². The van der Waals surface area contributed by atoms with Crippen molar-refractivity contribution in [3.8, 4) is 0 Å². The quantitative estimate of drug-likeness (QED) is 0.637. The Hall–Kier alpha value is -1.46. The Morgan fingerprint density at radius 3 is 2.85 bits per heavy atom. The van der Waals surface area contributed by atoms with Crippen molar-refractivity contribution in [1.82, 2.24) is 10.2 Å². The van der Waals surface area contributed by atoms with Crippen LogP contribution in [0.2, 0.25) is 0 Å². The highest BCUT2D eigenvalue weighted by molar-refractivity contribution is 5.39. The van der Waals surface area contributed by atoms with Crippen LogP contribution in [0.15, 0.2) is 24.3 Å². The molecule has 1 N–H and O–H groups in total. The standard InChI is InChI=1S/C15H21N3O2/c19-18(20)15-4-2-1-3-12(15)7-9-16-13-8-10-17(11-13)14-5-6-14/h1-4,13-14,16H,5-11H2. The lowest BCUT2D eigenvalue weighted by atomic mass is 10.1. The molecule has 1 aliphatic carbocycles. The molecule has 1 heterocycles. The summed E-state index contributed by atoms with van der Waals surface area (Å²) >= 11 is 0. The summed E-state index contributed by atoms with van der Waals surface area (Å²) in [6.07, 6.45) is 4.65. The maximum atomic E-state index is 10.9. The number of nitrogens with one attached hydrogen (secondary N) is 1. The summed E-state index contributed by atoms with van der Waals surface area (Å²) in [5.74, 6) is 0. The van der Waals surface area contributed by atoms with Gasteiger partial charge in [0.2, 0.25) is 0 Å². The lowest BCUT2D eigenvalue weighted by Crippen LogP contribution is -2.34. The average Bonchev–Trinajstić information content (AvgIpc) is 3.19. The van der Waals surface area contributed by atoms with Gasteiger partial charge < -0.3 is 5.32 Å². The highest BCUT2D eigenvalue weighted by atomic mass is 16.6. The topological polar surface area (TPSA) is 58.4 Å². The summed E-state index contributed by atoms with van der Waals surface area (Å²) in [6.45, 7) is 3.16. The number of para-hydroxylation sites is 1. The molecule has 1 aromatic carbocycles. The van der Waals surface area contributed by atoms with Crippen molar-refractivity contribution in [2.75, 3.05) is 19.6 Å². The molecule has 5 nitrogen and oxygen atoms in total. The number of rotatable bonds is 6. The molecule has 5 heteroatoms. The highest BCUT2D eigenvalue weighted by Crippen LogP contribution is 2.29. The summed E-state index contributed by atoms with van der Waals surface area (Å²) in [4.78, 5) is 13.2. The van der Waals surface area contributed by atoms with Crippen LogP contribution in [0.3, 0.4) is 0 Å². The SMILES string of the molecule is O=[N+]([O-])c1ccccc1CCNC1CCN(C2CC2)C1. The number of likely N-dealkylation sites (tertiary alicyclic amines) is 1. The molecule has 3 rings (SSSR count). The smallest absolute Gasteiger partial charge is 0.272 e. The first-order chi connectivity index (χ1) is 9.74. The predicted octanol–water partition coefficient (Wildman–Crippen LogP) is 1.96. The fourth-order valence-corrected chi connectivity index (χ4v) is 3.04. The Morgan fingerprint density at radius 1 is 1.30 bits per heavy atom. The van der Waals surface area contributed by atoms with E-state index in [0.717, 1.165) is 31.1 Å². The molecule has 0 aromatic heterocycles. The minimum Gasteiger partial charge on any atom is -0.312 e. The maximum Gasteiger partial charge on any atom is 0.272 e. The average molecular weight is 275 g/mol. The summed E-state index contributed by atoms with van der Waals surface area (Å²) in [7, 11) is 0. The van der Waals surface area contributed by atoms with E-state index in [1.54, 1.807) is 12.1 Å². The van der Waals surface area contributed by atoms with E-state index in [0.29, 0.717) is 6.04 Å². The second kappa shape index (κ2) is 5.89. The third kappa shape index (κ3) is 3.16. The van der Waals surface area contributed by atoms with Crippen LogP contribution in [0.1, 0.15) is 24.8 Å². The van der Waals surface area contributed by atoms with E-state index in [4.69, 9.17) is 0 Å². The van der Waals surface area contributed by atoms with Gasteiger partial charge in [0.05, 0.1) is 4.92 Å². The molecule has 2 fully saturated rings. The van der Waals surface area contributed by atoms with Gasteiger partial charge in [-0.3, -0.25) is 15.0 Å². The molecule has 1 atom stereocenters. The Labute approximate surface area is 119 Å². The minimum absolute atomic E-state index is 0.236. The molecule has 0 bridgehead atoms. The molecule has 1 saturated carbocycles. The van der Waals surface area contributed by atoms with Crippen molar-refractivity contribution >= 4 is 5.69 Å². The summed E-state index contributed by atoms with van der Waals surface area (Å²) < 4.78 is 0. The van der Waals surface area contributed by atoms with Gasteiger partial charge in [-0.15, -0.1) is 0 Å². The van der Waals surface area contributed by atoms with Crippen molar-refractivity contribution in [3.05, 3.63) is 39.9 Å². The van der Waals surface area contributed by atoms with Gasteiger partial charge >= 0.3 is 0 Å². The van der Waals surface area contributed by atoms with Gasteiger partial charge in [0.25, 0.3) is 5.69 Å². The molecule has 1 unspecified atom stereocenters. The van der Waals surface area contributed by atoms with Crippen LogP contribution >= 0.6 is 0 Å². The van der Waals surface area contributed by atoms with E-state index in [-0.39, 0.29) is 10.6 Å². The number of nitro benzene ring substituents is 1. The fraction of sp³-hybridized carbons (Fsp3) is 0.600. The van der Waals surface area contributed by atoms with Gasteiger partial charge in [0, 0.05) is 36.8 Å². The monoisotopic (exact) mass is 275 g/mol. The zero-order valence-electron chi connectivity index (χ0n) is 11.6. The summed E-state index contributed by atoms with van der Waals surface area (Å²) in [6, 6.07) is 8.42. The van der Waals surface area contributed by atoms with E-state index in [2.05, 4.69) is 10.2 Å². The molecule has 2 aliphatic rings. The van der Waals surface area contributed by atoms with Crippen molar-refractivity contribution in [1.29, 1.82) is 0 Å². The number of nitro groups is 1. The summed E-state index contributed by atoms with van der Waals surface area (Å²) in [5, 5.41) is 14.5. The molecule has 20 heavy (non-hydrogen) atoms. The zero-order chi connectivity index (χ0) is 13.9. The molecule has 108 valence electrons. The Balaban J connectivity index is 1.47. The molecular formula is C15H21N3O2. The first-order valence-electron chi connectivity index (χ1n) is 7.44. The van der Waals surface area contributed by atoms with Crippen LogP contribution in [0, 0.1) is 10.1 Å². The normalized spacial score (nSPS) is 23.1. The fourth-order valence-electron chi connectivity index (χ4n) is 3.04. The van der Waals surface area contributed by atoms with Gasteiger partial charge in [-0.1, -0.05) is 18.2 Å². The van der Waals surface area contributed by atoms with Crippen LogP contribution in [0.25, 0.3) is 0 Å². The van der Waals surface area contributed by atoms with Gasteiger partial charge in [-0.05, 0) is 32.2 Å². The molecular weight excluding hydrogens is 254 g/mol. The molecule has 1 aliphatic heterocycles.